The number of hydrogen-bond acceptors (Lipinski definition) is 1. The number of halogens is 2. The van der Waals surface area contributed by atoms with Gasteiger partial charge in [0.05, 0.1) is 10.0 Å². The Morgan fingerprint density at radius 2 is 1.77 bits per heavy atom. The van der Waals surface area contributed by atoms with Crippen LogP contribution in [0.25, 0.3) is 0 Å². The molecule has 0 unspecified atom stereocenters. The lowest BCUT2D eigenvalue weighted by Crippen LogP contribution is -2.27. The lowest BCUT2D eigenvalue weighted by Gasteiger charge is -2.21. The van der Waals surface area contributed by atoms with E-state index in [1.54, 1.807) is 0 Å². The molecule has 1 aliphatic rings. The van der Waals surface area contributed by atoms with Crippen LogP contribution in [0.15, 0.2) is 12.1 Å². The van der Waals surface area contributed by atoms with Crippen molar-refractivity contribution in [3.63, 3.8) is 0 Å². The molecule has 0 spiro atoms. The van der Waals surface area contributed by atoms with Crippen LogP contribution in [0, 0.1) is 0 Å². The van der Waals surface area contributed by atoms with Crippen molar-refractivity contribution < 1.29 is 0 Å². The second-order valence-electron chi connectivity index (χ2n) is 3.54. The minimum Gasteiger partial charge on any atom is -0.327 e. The quantitative estimate of drug-likeness (QED) is 0.708. The fourth-order valence-electron chi connectivity index (χ4n) is 1.78. The minimum absolute atomic E-state index is 0.282. The van der Waals surface area contributed by atoms with Gasteiger partial charge in [-0.1, -0.05) is 23.2 Å². The van der Waals surface area contributed by atoms with E-state index in [9.17, 15) is 0 Å². The molecule has 1 nitrogen and oxygen atoms in total. The number of aryl methyl sites for hydroxylation is 1. The van der Waals surface area contributed by atoms with Crippen molar-refractivity contribution in [3.8, 4) is 0 Å². The molecule has 13 heavy (non-hydrogen) atoms. The smallest absolute Gasteiger partial charge is 0.0595 e. The van der Waals surface area contributed by atoms with Crippen LogP contribution in [0.5, 0.6) is 0 Å². The SMILES string of the molecule is N[C@H]1CCc2cc(Cl)c(Cl)cc2C1. The van der Waals surface area contributed by atoms with Crippen molar-refractivity contribution in [2.45, 2.75) is 25.3 Å². The molecule has 3 heteroatoms. The first-order valence-electron chi connectivity index (χ1n) is 4.39. The summed E-state index contributed by atoms with van der Waals surface area (Å²) in [6, 6.07) is 4.19. The van der Waals surface area contributed by atoms with Gasteiger partial charge < -0.3 is 5.73 Å². The molecule has 1 atom stereocenters. The molecule has 0 fully saturated rings. The first kappa shape index (κ1) is 9.32. The van der Waals surface area contributed by atoms with Crippen molar-refractivity contribution in [1.29, 1.82) is 0 Å². The van der Waals surface area contributed by atoms with Crippen molar-refractivity contribution in [2.24, 2.45) is 5.73 Å². The zero-order chi connectivity index (χ0) is 9.42. The highest BCUT2D eigenvalue weighted by Gasteiger charge is 2.16. The van der Waals surface area contributed by atoms with E-state index in [2.05, 4.69) is 0 Å². The second kappa shape index (κ2) is 3.49. The number of benzene rings is 1. The fourth-order valence-corrected chi connectivity index (χ4v) is 2.15. The van der Waals surface area contributed by atoms with Gasteiger partial charge in [0.15, 0.2) is 0 Å². The number of rotatable bonds is 0. The maximum atomic E-state index is 5.92. The Hall–Kier alpha value is -0.240. The number of hydrogen-bond donors (Lipinski definition) is 1. The Morgan fingerprint density at radius 3 is 2.46 bits per heavy atom. The molecule has 0 heterocycles. The van der Waals surface area contributed by atoms with Crippen molar-refractivity contribution >= 4 is 23.2 Å². The van der Waals surface area contributed by atoms with Gasteiger partial charge in [-0.15, -0.1) is 0 Å². The molecule has 70 valence electrons. The monoisotopic (exact) mass is 215 g/mol. The number of nitrogens with two attached hydrogens (primary N) is 1. The highest BCUT2D eigenvalue weighted by molar-refractivity contribution is 6.42. The molecule has 0 aromatic heterocycles. The molecule has 0 saturated heterocycles. The Kier molecular flexibility index (Phi) is 2.50. The van der Waals surface area contributed by atoms with E-state index in [1.165, 1.54) is 11.1 Å². The van der Waals surface area contributed by atoms with E-state index in [4.69, 9.17) is 28.9 Å². The molecule has 1 aromatic carbocycles. The van der Waals surface area contributed by atoms with E-state index in [0.717, 1.165) is 19.3 Å². The van der Waals surface area contributed by atoms with Crippen LogP contribution < -0.4 is 5.73 Å². The average molecular weight is 216 g/mol. The van der Waals surface area contributed by atoms with Gasteiger partial charge in [-0.2, -0.15) is 0 Å². The molecule has 2 rings (SSSR count). The fraction of sp³-hybridized carbons (Fsp3) is 0.400. The van der Waals surface area contributed by atoms with Gasteiger partial charge in [0, 0.05) is 6.04 Å². The standard InChI is InChI=1S/C10H11Cl2N/c11-9-4-6-1-2-8(13)3-7(6)5-10(9)12/h4-5,8H,1-3,13H2/t8-/m0/s1. The molecule has 1 aromatic rings. The summed E-state index contributed by atoms with van der Waals surface area (Å²) >= 11 is 11.8. The van der Waals surface area contributed by atoms with E-state index in [-0.39, 0.29) is 6.04 Å². The topological polar surface area (TPSA) is 26.0 Å². The van der Waals surface area contributed by atoms with Gasteiger partial charge in [-0.05, 0) is 42.5 Å². The Balaban J connectivity index is 2.43. The maximum Gasteiger partial charge on any atom is 0.0595 e. The summed E-state index contributed by atoms with van der Waals surface area (Å²) in [6.45, 7) is 0. The van der Waals surface area contributed by atoms with Crippen molar-refractivity contribution in [2.75, 3.05) is 0 Å². The van der Waals surface area contributed by atoms with Crippen molar-refractivity contribution in [3.05, 3.63) is 33.3 Å². The third-order valence-electron chi connectivity index (χ3n) is 2.51. The lowest BCUT2D eigenvalue weighted by atomic mass is 9.89. The van der Waals surface area contributed by atoms with Gasteiger partial charge in [0.2, 0.25) is 0 Å². The van der Waals surface area contributed by atoms with Gasteiger partial charge in [-0.25, -0.2) is 0 Å². The highest BCUT2D eigenvalue weighted by atomic mass is 35.5. The molecule has 1 aliphatic carbocycles. The summed E-state index contributed by atoms with van der Waals surface area (Å²) in [5.41, 5.74) is 8.42. The van der Waals surface area contributed by atoms with Crippen LogP contribution in [0.4, 0.5) is 0 Å². The van der Waals surface area contributed by atoms with Gasteiger partial charge >= 0.3 is 0 Å². The van der Waals surface area contributed by atoms with Gasteiger partial charge in [0.25, 0.3) is 0 Å². The normalized spacial score (nSPS) is 21.3. The van der Waals surface area contributed by atoms with E-state index in [0.29, 0.717) is 10.0 Å². The summed E-state index contributed by atoms with van der Waals surface area (Å²) in [4.78, 5) is 0. The van der Waals surface area contributed by atoms with Crippen LogP contribution in [0.2, 0.25) is 10.0 Å². The van der Waals surface area contributed by atoms with E-state index < -0.39 is 0 Å². The summed E-state index contributed by atoms with van der Waals surface area (Å²) in [5.74, 6) is 0. The Bertz CT molecular complexity index is 336. The average Bonchev–Trinajstić information content (AvgIpc) is 2.08. The highest BCUT2D eigenvalue weighted by Crippen LogP contribution is 2.29. The molecule has 0 saturated carbocycles. The molecule has 0 amide bonds. The summed E-state index contributed by atoms with van der Waals surface area (Å²) < 4.78 is 0. The molecular formula is C10H11Cl2N. The van der Waals surface area contributed by atoms with Gasteiger partial charge in [-0.3, -0.25) is 0 Å². The van der Waals surface area contributed by atoms with E-state index >= 15 is 0 Å². The zero-order valence-electron chi connectivity index (χ0n) is 7.19. The maximum absolute atomic E-state index is 5.92. The summed E-state index contributed by atoms with van der Waals surface area (Å²) in [5, 5.41) is 1.28. The second-order valence-corrected chi connectivity index (χ2v) is 4.35. The molecular weight excluding hydrogens is 205 g/mol. The Morgan fingerprint density at radius 1 is 1.15 bits per heavy atom. The summed E-state index contributed by atoms with van der Waals surface area (Å²) in [6.07, 6.45) is 2.99. The first-order chi connectivity index (χ1) is 6.16. The van der Waals surface area contributed by atoms with E-state index in [1.807, 2.05) is 12.1 Å². The zero-order valence-corrected chi connectivity index (χ0v) is 8.70. The van der Waals surface area contributed by atoms with Crippen LogP contribution in [-0.2, 0) is 12.8 Å². The molecule has 0 bridgehead atoms. The largest absolute Gasteiger partial charge is 0.327 e. The third kappa shape index (κ3) is 1.83. The van der Waals surface area contributed by atoms with Crippen LogP contribution in [-0.4, -0.2) is 6.04 Å². The predicted molar refractivity (Wildman–Crippen MR) is 56.5 cm³/mol. The third-order valence-corrected chi connectivity index (χ3v) is 3.23. The molecule has 2 N–H and O–H groups in total. The molecule has 0 radical (unpaired) electrons. The van der Waals surface area contributed by atoms with Crippen LogP contribution in [0.1, 0.15) is 17.5 Å². The predicted octanol–water partition coefficient (Wildman–Crippen LogP) is 2.81. The summed E-state index contributed by atoms with van der Waals surface area (Å²) in [7, 11) is 0. The lowest BCUT2D eigenvalue weighted by molar-refractivity contribution is 0.576. The van der Waals surface area contributed by atoms with Gasteiger partial charge in [0.1, 0.15) is 0 Å². The van der Waals surface area contributed by atoms with Crippen LogP contribution in [0.3, 0.4) is 0 Å². The minimum atomic E-state index is 0.282. The first-order valence-corrected chi connectivity index (χ1v) is 5.15. The van der Waals surface area contributed by atoms with Crippen LogP contribution >= 0.6 is 23.2 Å². The van der Waals surface area contributed by atoms with Crippen molar-refractivity contribution in [1.82, 2.24) is 0 Å². The number of fused-ring (bicyclic) bond motifs is 1. The Labute approximate surface area is 87.8 Å². The molecule has 0 aliphatic heterocycles.